The SMILES string of the molecule is C[C@@]1(O)CC[C@H]2[C@H](CC[C@@H]3[C@@H]2CC[C@]2(C)[C@@H](C(=O)CN4NNc5ccc(OC(F)(F)F)cc54)CC[C@@H]32)C1. The highest BCUT2D eigenvalue weighted by atomic mass is 19.4. The first-order chi connectivity index (χ1) is 17.4. The summed E-state index contributed by atoms with van der Waals surface area (Å²) in [6.45, 7) is 4.41. The van der Waals surface area contributed by atoms with Gasteiger partial charge in [0.1, 0.15) is 5.75 Å². The molecule has 3 N–H and O–H groups in total. The maximum absolute atomic E-state index is 13.7. The molecule has 8 atom stereocenters. The molecule has 0 aromatic heterocycles. The highest BCUT2D eigenvalue weighted by Crippen LogP contribution is 2.64. The molecule has 0 radical (unpaired) electrons. The minimum Gasteiger partial charge on any atom is -0.406 e. The van der Waals surface area contributed by atoms with Gasteiger partial charge in [-0.25, -0.2) is 0 Å². The van der Waals surface area contributed by atoms with Crippen LogP contribution in [0.2, 0.25) is 0 Å². The van der Waals surface area contributed by atoms with Crippen molar-refractivity contribution in [1.82, 2.24) is 5.53 Å². The second kappa shape index (κ2) is 8.76. The Labute approximate surface area is 216 Å². The molecule has 1 aromatic carbocycles. The van der Waals surface area contributed by atoms with Crippen LogP contribution >= 0.6 is 0 Å². The van der Waals surface area contributed by atoms with Crippen LogP contribution in [0.1, 0.15) is 71.6 Å². The summed E-state index contributed by atoms with van der Waals surface area (Å²) in [7, 11) is 0. The van der Waals surface area contributed by atoms with Gasteiger partial charge < -0.3 is 15.3 Å². The van der Waals surface area contributed by atoms with E-state index in [9.17, 15) is 23.1 Å². The average molecular weight is 522 g/mol. The number of carbonyl (C=O) groups is 1. The van der Waals surface area contributed by atoms with Gasteiger partial charge in [-0.1, -0.05) is 6.92 Å². The fraction of sp³-hybridized carbons (Fsp3) is 0.750. The Morgan fingerprint density at radius 1 is 1.08 bits per heavy atom. The molecule has 1 aromatic rings. The first kappa shape index (κ1) is 25.3. The van der Waals surface area contributed by atoms with Gasteiger partial charge in [-0.2, -0.15) is 0 Å². The fourth-order valence-electron chi connectivity index (χ4n) is 9.23. The van der Waals surface area contributed by atoms with Crippen LogP contribution in [0.5, 0.6) is 5.75 Å². The van der Waals surface area contributed by atoms with Crippen LogP contribution in [0.4, 0.5) is 24.5 Å². The van der Waals surface area contributed by atoms with Crippen molar-refractivity contribution < 1.29 is 27.8 Å². The van der Waals surface area contributed by atoms with E-state index in [2.05, 4.69) is 22.6 Å². The first-order valence-corrected chi connectivity index (χ1v) is 13.9. The molecule has 0 amide bonds. The van der Waals surface area contributed by atoms with Gasteiger partial charge in [0.2, 0.25) is 0 Å². The summed E-state index contributed by atoms with van der Waals surface area (Å²) in [5.41, 5.74) is 6.43. The van der Waals surface area contributed by atoms with E-state index in [0.717, 1.165) is 44.9 Å². The van der Waals surface area contributed by atoms with E-state index >= 15 is 0 Å². The number of Topliss-reactive ketones (excluding diaryl/α,β-unsaturated/α-hetero) is 1. The quantitative estimate of drug-likeness (QED) is 0.463. The summed E-state index contributed by atoms with van der Waals surface area (Å²) in [6, 6.07) is 4.09. The molecule has 0 spiro atoms. The van der Waals surface area contributed by atoms with Crippen molar-refractivity contribution in [1.29, 1.82) is 0 Å². The van der Waals surface area contributed by atoms with Gasteiger partial charge in [-0.15, -0.1) is 18.7 Å². The van der Waals surface area contributed by atoms with E-state index in [4.69, 9.17) is 0 Å². The summed E-state index contributed by atoms with van der Waals surface area (Å²) in [4.78, 5) is 13.7. The molecule has 0 saturated heterocycles. The van der Waals surface area contributed by atoms with Gasteiger partial charge in [0, 0.05) is 12.0 Å². The van der Waals surface area contributed by atoms with Gasteiger partial charge in [-0.3, -0.25) is 9.80 Å². The van der Waals surface area contributed by atoms with Crippen LogP contribution < -0.4 is 20.7 Å². The zero-order valence-corrected chi connectivity index (χ0v) is 21.6. The number of rotatable bonds is 4. The van der Waals surface area contributed by atoms with E-state index < -0.39 is 12.0 Å². The van der Waals surface area contributed by atoms with Crippen molar-refractivity contribution in [3.05, 3.63) is 18.2 Å². The number of ether oxygens (including phenoxy) is 1. The van der Waals surface area contributed by atoms with Crippen LogP contribution in [0.3, 0.4) is 0 Å². The smallest absolute Gasteiger partial charge is 0.406 e. The van der Waals surface area contributed by atoms with Crippen molar-refractivity contribution >= 4 is 17.2 Å². The Kier molecular flexibility index (Phi) is 5.99. The van der Waals surface area contributed by atoms with Crippen molar-refractivity contribution in [2.75, 3.05) is 17.0 Å². The van der Waals surface area contributed by atoms with Crippen molar-refractivity contribution in [3.63, 3.8) is 0 Å². The summed E-state index contributed by atoms with van der Waals surface area (Å²) in [5.74, 6) is 3.07. The third-order valence-corrected chi connectivity index (χ3v) is 10.8. The predicted octanol–water partition coefficient (Wildman–Crippen LogP) is 5.83. The zero-order chi connectivity index (χ0) is 26.2. The number of nitrogens with one attached hydrogen (secondary N) is 2. The maximum Gasteiger partial charge on any atom is 0.573 e. The lowest BCUT2D eigenvalue weighted by atomic mass is 9.49. The molecule has 1 heterocycles. The molecule has 6 nitrogen and oxygen atoms in total. The van der Waals surface area contributed by atoms with Crippen LogP contribution in [-0.2, 0) is 4.79 Å². The third-order valence-electron chi connectivity index (χ3n) is 10.8. The molecule has 0 bridgehead atoms. The molecule has 0 unspecified atom stereocenters. The molecule has 37 heavy (non-hydrogen) atoms. The van der Waals surface area contributed by atoms with Crippen molar-refractivity contribution in [2.45, 2.75) is 83.6 Å². The first-order valence-electron chi connectivity index (χ1n) is 13.9. The molecular formula is C28H38F3N3O3. The van der Waals surface area contributed by atoms with E-state index in [1.165, 1.54) is 31.0 Å². The summed E-state index contributed by atoms with van der Waals surface area (Å²) in [6.07, 6.45) is 4.76. The Bertz CT molecular complexity index is 1060. The summed E-state index contributed by atoms with van der Waals surface area (Å²) >= 11 is 0. The standard InChI is InChI=1S/C28H38F3N3O3/c1-26(36)11-9-18-16(14-26)3-5-20-19(18)10-12-27(2)21(20)6-7-22(27)25(35)15-34-24-13-17(37-28(29,30)31)4-8-23(24)32-33-34/h4,8,13,16,18-22,32-33,36H,3,5-7,9-12,14-15H2,1-2H3/t16-,18+,19-,20-,21+,22-,26-,27+/m1/s1. The predicted molar refractivity (Wildman–Crippen MR) is 133 cm³/mol. The number of halogens is 3. The van der Waals surface area contributed by atoms with E-state index in [0.29, 0.717) is 41.0 Å². The van der Waals surface area contributed by atoms with Crippen LogP contribution in [0.15, 0.2) is 18.2 Å². The lowest BCUT2D eigenvalue weighted by Crippen LogP contribution is -2.51. The lowest BCUT2D eigenvalue weighted by Gasteiger charge is -2.56. The molecule has 4 fully saturated rings. The highest BCUT2D eigenvalue weighted by Gasteiger charge is 2.58. The number of fused-ring (bicyclic) bond motifs is 6. The van der Waals surface area contributed by atoms with E-state index in [1.54, 1.807) is 5.01 Å². The van der Waals surface area contributed by atoms with Crippen LogP contribution in [0.25, 0.3) is 0 Å². The largest absolute Gasteiger partial charge is 0.573 e. The number of hydrogen-bond donors (Lipinski definition) is 3. The normalized spacial score (nSPS) is 40.8. The monoisotopic (exact) mass is 521 g/mol. The molecule has 9 heteroatoms. The molecule has 1 aliphatic heterocycles. The number of benzene rings is 1. The molecule has 6 rings (SSSR count). The fourth-order valence-corrected chi connectivity index (χ4v) is 9.23. The molecular weight excluding hydrogens is 483 g/mol. The topological polar surface area (TPSA) is 73.8 Å². The van der Waals surface area contributed by atoms with Crippen LogP contribution in [-0.4, -0.2) is 29.4 Å². The minimum absolute atomic E-state index is 0.0253. The Morgan fingerprint density at radius 3 is 2.65 bits per heavy atom. The number of anilines is 2. The number of aliphatic hydroxyl groups is 1. The van der Waals surface area contributed by atoms with Crippen molar-refractivity contribution in [2.24, 2.45) is 40.9 Å². The Morgan fingerprint density at radius 2 is 1.86 bits per heavy atom. The number of carbonyl (C=O) groups excluding carboxylic acids is 1. The van der Waals surface area contributed by atoms with Gasteiger partial charge in [0.15, 0.2) is 5.78 Å². The van der Waals surface area contributed by atoms with Crippen LogP contribution in [0, 0.1) is 40.9 Å². The molecule has 4 saturated carbocycles. The Hall–Kier alpha value is -2.00. The van der Waals surface area contributed by atoms with Gasteiger partial charge >= 0.3 is 6.36 Å². The number of hydrogen-bond acceptors (Lipinski definition) is 6. The molecule has 5 aliphatic rings. The molecule has 4 aliphatic carbocycles. The second-order valence-corrected chi connectivity index (χ2v) is 12.9. The number of nitrogens with zero attached hydrogens (tertiary/aromatic N) is 1. The van der Waals surface area contributed by atoms with Gasteiger partial charge in [0.05, 0.1) is 23.5 Å². The molecule has 204 valence electrons. The lowest BCUT2D eigenvalue weighted by molar-refractivity contribution is -0.274. The second-order valence-electron chi connectivity index (χ2n) is 12.9. The average Bonchev–Trinajstić information content (AvgIpc) is 3.37. The number of alkyl halides is 3. The highest BCUT2D eigenvalue weighted by molar-refractivity contribution is 5.89. The summed E-state index contributed by atoms with van der Waals surface area (Å²) < 4.78 is 42.2. The minimum atomic E-state index is -4.77. The van der Waals surface area contributed by atoms with Gasteiger partial charge in [-0.05, 0) is 112 Å². The number of hydrazine groups is 2. The number of ketones is 1. The van der Waals surface area contributed by atoms with Crippen molar-refractivity contribution in [3.8, 4) is 5.75 Å². The third kappa shape index (κ3) is 4.50. The van der Waals surface area contributed by atoms with Gasteiger partial charge in [0.25, 0.3) is 0 Å². The zero-order valence-electron chi connectivity index (χ0n) is 21.6. The summed E-state index contributed by atoms with van der Waals surface area (Å²) in [5, 5.41) is 12.2. The Balaban J connectivity index is 1.15. The maximum atomic E-state index is 13.7. The van der Waals surface area contributed by atoms with E-state index in [-0.39, 0.29) is 29.4 Å². The van der Waals surface area contributed by atoms with E-state index in [1.807, 2.05) is 6.92 Å².